The van der Waals surface area contributed by atoms with Crippen molar-refractivity contribution in [2.45, 2.75) is 19.3 Å². The van der Waals surface area contributed by atoms with Crippen molar-refractivity contribution in [2.24, 2.45) is 0 Å². The molecule has 1 aliphatic carbocycles. The van der Waals surface area contributed by atoms with E-state index < -0.39 is 0 Å². The summed E-state index contributed by atoms with van der Waals surface area (Å²) in [6, 6.07) is 19.2. The molecule has 0 bridgehead atoms. The summed E-state index contributed by atoms with van der Waals surface area (Å²) in [5, 5.41) is 0.862. The highest BCUT2D eigenvalue weighted by Gasteiger charge is 2.38. The maximum atomic E-state index is 6.49. The number of rotatable bonds is 1. The van der Waals surface area contributed by atoms with Gasteiger partial charge in [0.2, 0.25) is 0 Å². The van der Waals surface area contributed by atoms with Crippen LogP contribution in [0.25, 0.3) is 20.9 Å². The largest absolute Gasteiger partial charge is 0.135 e. The molecule has 2 heteroatoms. The van der Waals surface area contributed by atoms with Gasteiger partial charge >= 0.3 is 0 Å². The minimum atomic E-state index is 0.0269. The van der Waals surface area contributed by atoms with E-state index in [0.29, 0.717) is 0 Å². The number of benzene rings is 2. The van der Waals surface area contributed by atoms with Gasteiger partial charge in [-0.1, -0.05) is 67.9 Å². The summed E-state index contributed by atoms with van der Waals surface area (Å²) in [4.78, 5) is 2.65. The molecule has 0 atom stereocenters. The predicted octanol–water partition coefficient (Wildman–Crippen LogP) is 6.37. The van der Waals surface area contributed by atoms with Crippen LogP contribution < -0.4 is 0 Å². The third kappa shape index (κ3) is 1.81. The minimum Gasteiger partial charge on any atom is -0.135 e. The lowest BCUT2D eigenvalue weighted by Crippen LogP contribution is -2.14. The molecule has 3 aromatic rings. The van der Waals surface area contributed by atoms with Gasteiger partial charge < -0.3 is 0 Å². The highest BCUT2D eigenvalue weighted by molar-refractivity contribution is 7.19. The van der Waals surface area contributed by atoms with Crippen molar-refractivity contribution in [1.29, 1.82) is 0 Å². The van der Waals surface area contributed by atoms with Gasteiger partial charge in [-0.25, -0.2) is 0 Å². The molecule has 0 spiro atoms. The van der Waals surface area contributed by atoms with Crippen molar-refractivity contribution in [3.63, 3.8) is 0 Å². The van der Waals surface area contributed by atoms with Crippen molar-refractivity contribution in [2.75, 3.05) is 0 Å². The molecule has 0 nitrogen and oxygen atoms in total. The summed E-state index contributed by atoms with van der Waals surface area (Å²) >= 11 is 8.34. The molecule has 2 aromatic carbocycles. The Bertz CT molecular complexity index is 828. The molecular weight excluding hydrogens is 296 g/mol. The van der Waals surface area contributed by atoms with E-state index in [1.54, 1.807) is 0 Å². The van der Waals surface area contributed by atoms with Crippen LogP contribution in [0.3, 0.4) is 0 Å². The Morgan fingerprint density at radius 2 is 1.67 bits per heavy atom. The standard InChI is InChI=1S/C19H15ClS/c1-19(2)13-9-6-10-15(20)17(13)18-14(19)11-16(21-18)12-7-4-3-5-8-12/h3-11H,1-2H3. The molecule has 1 heterocycles. The van der Waals surface area contributed by atoms with Gasteiger partial charge in [0.15, 0.2) is 0 Å². The Morgan fingerprint density at radius 1 is 0.905 bits per heavy atom. The van der Waals surface area contributed by atoms with Crippen molar-refractivity contribution in [1.82, 2.24) is 0 Å². The van der Waals surface area contributed by atoms with Gasteiger partial charge in [-0.15, -0.1) is 11.3 Å². The van der Waals surface area contributed by atoms with Gasteiger partial charge in [0.25, 0.3) is 0 Å². The first kappa shape index (κ1) is 13.1. The highest BCUT2D eigenvalue weighted by Crippen LogP contribution is 2.55. The van der Waals surface area contributed by atoms with E-state index in [2.05, 4.69) is 62.4 Å². The fourth-order valence-corrected chi connectivity index (χ4v) is 4.93. The van der Waals surface area contributed by atoms with Crippen LogP contribution in [0.15, 0.2) is 54.6 Å². The third-order valence-electron chi connectivity index (χ3n) is 4.38. The van der Waals surface area contributed by atoms with Crippen molar-refractivity contribution in [3.05, 3.63) is 70.7 Å². The zero-order valence-electron chi connectivity index (χ0n) is 12.0. The summed E-state index contributed by atoms with van der Waals surface area (Å²) in [5.74, 6) is 0. The molecule has 4 rings (SSSR count). The lowest BCUT2D eigenvalue weighted by atomic mass is 9.83. The van der Waals surface area contributed by atoms with E-state index >= 15 is 0 Å². The number of halogens is 1. The van der Waals surface area contributed by atoms with E-state index in [1.807, 2.05) is 17.4 Å². The molecule has 0 radical (unpaired) electrons. The SMILES string of the molecule is CC1(C)c2cc(-c3ccccc3)sc2-c2c(Cl)cccc21. The van der Waals surface area contributed by atoms with Crippen LogP contribution in [0, 0.1) is 0 Å². The zero-order chi connectivity index (χ0) is 14.6. The van der Waals surface area contributed by atoms with E-state index in [0.717, 1.165) is 5.02 Å². The fourth-order valence-electron chi connectivity index (χ4n) is 3.21. The van der Waals surface area contributed by atoms with Crippen LogP contribution in [-0.2, 0) is 5.41 Å². The third-order valence-corrected chi connectivity index (χ3v) is 5.89. The number of hydrogen-bond donors (Lipinski definition) is 0. The van der Waals surface area contributed by atoms with E-state index in [1.165, 1.54) is 32.0 Å². The molecule has 0 unspecified atom stereocenters. The molecule has 1 aliphatic rings. The first-order valence-corrected chi connectivity index (χ1v) is 8.27. The Hall–Kier alpha value is -1.57. The van der Waals surface area contributed by atoms with Crippen molar-refractivity contribution >= 4 is 22.9 Å². The highest BCUT2D eigenvalue weighted by atomic mass is 35.5. The lowest BCUT2D eigenvalue weighted by Gasteiger charge is -2.20. The van der Waals surface area contributed by atoms with Crippen LogP contribution in [-0.4, -0.2) is 0 Å². The smallest absolute Gasteiger partial charge is 0.0495 e. The monoisotopic (exact) mass is 310 g/mol. The average Bonchev–Trinajstić information content (AvgIpc) is 3.00. The normalized spacial score (nSPS) is 14.8. The van der Waals surface area contributed by atoms with Gasteiger partial charge in [0.05, 0.1) is 0 Å². The summed E-state index contributed by atoms with van der Waals surface area (Å²) in [7, 11) is 0. The van der Waals surface area contributed by atoms with Crippen molar-refractivity contribution < 1.29 is 0 Å². The van der Waals surface area contributed by atoms with Crippen LogP contribution in [0.2, 0.25) is 5.02 Å². The van der Waals surface area contributed by atoms with Crippen LogP contribution in [0.4, 0.5) is 0 Å². The summed E-state index contributed by atoms with van der Waals surface area (Å²) in [5.41, 5.74) is 5.27. The second kappa shape index (κ2) is 4.46. The minimum absolute atomic E-state index is 0.0269. The summed E-state index contributed by atoms with van der Waals surface area (Å²) in [6.45, 7) is 4.57. The lowest BCUT2D eigenvalue weighted by molar-refractivity contribution is 0.662. The average molecular weight is 311 g/mol. The molecule has 104 valence electrons. The van der Waals surface area contributed by atoms with E-state index in [4.69, 9.17) is 11.6 Å². The molecule has 0 amide bonds. The molecule has 0 saturated carbocycles. The number of fused-ring (bicyclic) bond motifs is 3. The Kier molecular flexibility index (Phi) is 2.79. The van der Waals surface area contributed by atoms with E-state index in [-0.39, 0.29) is 5.41 Å². The summed E-state index contributed by atoms with van der Waals surface area (Å²) in [6.07, 6.45) is 0. The maximum absolute atomic E-state index is 6.49. The number of hydrogen-bond acceptors (Lipinski definition) is 1. The molecule has 0 aliphatic heterocycles. The number of thiophene rings is 1. The summed E-state index contributed by atoms with van der Waals surface area (Å²) < 4.78 is 0. The Balaban J connectivity index is 1.98. The first-order chi connectivity index (χ1) is 10.1. The molecule has 0 fully saturated rings. The molecule has 0 saturated heterocycles. The fraction of sp³-hybridized carbons (Fsp3) is 0.158. The maximum Gasteiger partial charge on any atom is 0.0495 e. The molecule has 21 heavy (non-hydrogen) atoms. The van der Waals surface area contributed by atoms with Crippen LogP contribution >= 0.6 is 22.9 Å². The van der Waals surface area contributed by atoms with Gasteiger partial charge in [0.1, 0.15) is 0 Å². The second-order valence-electron chi connectivity index (χ2n) is 6.01. The van der Waals surface area contributed by atoms with Gasteiger partial charge in [-0.05, 0) is 28.8 Å². The molecule has 1 aromatic heterocycles. The Labute approximate surface area is 134 Å². The van der Waals surface area contributed by atoms with Crippen LogP contribution in [0.1, 0.15) is 25.0 Å². The van der Waals surface area contributed by atoms with E-state index in [9.17, 15) is 0 Å². The molecule has 0 N–H and O–H groups in total. The zero-order valence-corrected chi connectivity index (χ0v) is 13.6. The van der Waals surface area contributed by atoms with Crippen LogP contribution in [0.5, 0.6) is 0 Å². The Morgan fingerprint density at radius 3 is 2.43 bits per heavy atom. The topological polar surface area (TPSA) is 0 Å². The first-order valence-electron chi connectivity index (χ1n) is 7.08. The van der Waals surface area contributed by atoms with Gasteiger partial charge in [-0.2, -0.15) is 0 Å². The van der Waals surface area contributed by atoms with Gasteiger partial charge in [0, 0.05) is 25.8 Å². The predicted molar refractivity (Wildman–Crippen MR) is 92.3 cm³/mol. The second-order valence-corrected chi connectivity index (χ2v) is 7.47. The quantitative estimate of drug-likeness (QED) is 0.489. The van der Waals surface area contributed by atoms with Gasteiger partial charge in [-0.3, -0.25) is 0 Å². The molecular formula is C19H15ClS. The van der Waals surface area contributed by atoms with Crippen molar-refractivity contribution in [3.8, 4) is 20.9 Å².